The van der Waals surface area contributed by atoms with Crippen LogP contribution in [0, 0.1) is 0 Å². The third kappa shape index (κ3) is 1.77. The molecule has 0 aliphatic rings. The first-order valence-corrected chi connectivity index (χ1v) is 3.56. The van der Waals surface area contributed by atoms with Gasteiger partial charge >= 0.3 is 0 Å². The number of rotatable bonds is 2. The van der Waals surface area contributed by atoms with Crippen LogP contribution in [-0.4, -0.2) is 11.7 Å². The highest BCUT2D eigenvalue weighted by atomic mass is 16.3. The van der Waals surface area contributed by atoms with E-state index in [1.165, 1.54) is 6.07 Å². The molecule has 0 saturated heterocycles. The fourth-order valence-electron chi connectivity index (χ4n) is 0.902. The standard InChI is InChI=1S/C8H12N2O/c1-2-10-8-4-3-6(11)5-7(8)9/h3-5,10-11H,2,9H2,1H3. The highest BCUT2D eigenvalue weighted by Gasteiger charge is 1.96. The zero-order valence-electron chi connectivity index (χ0n) is 6.46. The molecule has 1 aromatic carbocycles. The normalized spacial score (nSPS) is 9.55. The Hall–Kier alpha value is -1.38. The van der Waals surface area contributed by atoms with E-state index in [1.807, 2.05) is 6.92 Å². The number of hydrogen-bond acceptors (Lipinski definition) is 3. The molecule has 0 heterocycles. The second-order valence-electron chi connectivity index (χ2n) is 2.30. The third-order valence-corrected chi connectivity index (χ3v) is 1.40. The summed E-state index contributed by atoms with van der Waals surface area (Å²) in [6.45, 7) is 2.82. The Morgan fingerprint density at radius 2 is 2.27 bits per heavy atom. The first-order valence-electron chi connectivity index (χ1n) is 3.56. The maximum Gasteiger partial charge on any atom is 0.117 e. The fraction of sp³-hybridized carbons (Fsp3) is 0.250. The van der Waals surface area contributed by atoms with Gasteiger partial charge in [0.15, 0.2) is 0 Å². The van der Waals surface area contributed by atoms with Gasteiger partial charge in [0.05, 0.1) is 11.4 Å². The van der Waals surface area contributed by atoms with Crippen molar-refractivity contribution in [1.29, 1.82) is 0 Å². The maximum atomic E-state index is 9.00. The Balaban J connectivity index is 2.90. The number of aromatic hydroxyl groups is 1. The highest BCUT2D eigenvalue weighted by Crippen LogP contribution is 2.22. The smallest absolute Gasteiger partial charge is 0.117 e. The molecule has 4 N–H and O–H groups in total. The summed E-state index contributed by atoms with van der Waals surface area (Å²) in [6.07, 6.45) is 0. The van der Waals surface area contributed by atoms with Crippen LogP contribution in [-0.2, 0) is 0 Å². The van der Waals surface area contributed by atoms with Crippen LogP contribution in [0.2, 0.25) is 0 Å². The molecule has 0 fully saturated rings. The van der Waals surface area contributed by atoms with Crippen molar-refractivity contribution in [2.45, 2.75) is 6.92 Å². The summed E-state index contributed by atoms with van der Waals surface area (Å²) in [7, 11) is 0. The van der Waals surface area contributed by atoms with Crippen molar-refractivity contribution in [3.63, 3.8) is 0 Å². The van der Waals surface area contributed by atoms with Crippen LogP contribution in [0.25, 0.3) is 0 Å². The lowest BCUT2D eigenvalue weighted by molar-refractivity contribution is 0.476. The van der Waals surface area contributed by atoms with Crippen LogP contribution in [0.5, 0.6) is 5.75 Å². The van der Waals surface area contributed by atoms with Gasteiger partial charge in [-0.2, -0.15) is 0 Å². The second-order valence-corrected chi connectivity index (χ2v) is 2.30. The predicted molar refractivity (Wildman–Crippen MR) is 46.7 cm³/mol. The topological polar surface area (TPSA) is 58.3 Å². The molecule has 0 bridgehead atoms. The zero-order valence-corrected chi connectivity index (χ0v) is 6.46. The Morgan fingerprint density at radius 1 is 1.55 bits per heavy atom. The number of phenolic OH excluding ortho intramolecular Hbond substituents is 1. The molecule has 60 valence electrons. The number of nitrogen functional groups attached to an aromatic ring is 1. The highest BCUT2D eigenvalue weighted by molar-refractivity contribution is 5.67. The Labute approximate surface area is 65.8 Å². The summed E-state index contributed by atoms with van der Waals surface area (Å²) in [5, 5.41) is 12.1. The molecule has 3 heteroatoms. The van der Waals surface area contributed by atoms with E-state index >= 15 is 0 Å². The average Bonchev–Trinajstić information content (AvgIpc) is 1.95. The number of nitrogens with one attached hydrogen (secondary N) is 1. The maximum absolute atomic E-state index is 9.00. The van der Waals surface area contributed by atoms with Crippen LogP contribution < -0.4 is 11.1 Å². The molecule has 0 saturated carbocycles. The summed E-state index contributed by atoms with van der Waals surface area (Å²) in [4.78, 5) is 0. The van der Waals surface area contributed by atoms with Crippen LogP contribution in [0.4, 0.5) is 11.4 Å². The lowest BCUT2D eigenvalue weighted by Gasteiger charge is -2.06. The summed E-state index contributed by atoms with van der Waals surface area (Å²) in [5.74, 6) is 0.198. The average molecular weight is 152 g/mol. The van der Waals surface area contributed by atoms with Gasteiger partial charge in [0.1, 0.15) is 5.75 Å². The summed E-state index contributed by atoms with van der Waals surface area (Å²) >= 11 is 0. The van der Waals surface area contributed by atoms with Crippen molar-refractivity contribution in [2.75, 3.05) is 17.6 Å². The van der Waals surface area contributed by atoms with Crippen molar-refractivity contribution in [3.8, 4) is 5.75 Å². The molecule has 0 amide bonds. The molecule has 11 heavy (non-hydrogen) atoms. The van der Waals surface area contributed by atoms with Gasteiger partial charge in [0, 0.05) is 12.6 Å². The Kier molecular flexibility index (Phi) is 2.21. The Bertz CT molecular complexity index is 248. The number of anilines is 2. The van der Waals surface area contributed by atoms with Gasteiger partial charge in [-0.3, -0.25) is 0 Å². The molecule has 0 unspecified atom stereocenters. The minimum atomic E-state index is 0.198. The molecule has 3 nitrogen and oxygen atoms in total. The van der Waals surface area contributed by atoms with Crippen molar-refractivity contribution >= 4 is 11.4 Å². The minimum Gasteiger partial charge on any atom is -0.508 e. The number of phenols is 1. The van der Waals surface area contributed by atoms with E-state index < -0.39 is 0 Å². The number of benzene rings is 1. The lowest BCUT2D eigenvalue weighted by Crippen LogP contribution is -1.99. The quantitative estimate of drug-likeness (QED) is 0.443. The van der Waals surface area contributed by atoms with E-state index in [4.69, 9.17) is 10.8 Å². The number of nitrogens with two attached hydrogens (primary N) is 1. The molecule has 1 rings (SSSR count). The van der Waals surface area contributed by atoms with Crippen LogP contribution >= 0.6 is 0 Å². The fourth-order valence-corrected chi connectivity index (χ4v) is 0.902. The molecule has 0 aliphatic carbocycles. The first kappa shape index (κ1) is 7.72. The van der Waals surface area contributed by atoms with E-state index in [-0.39, 0.29) is 5.75 Å². The number of hydrogen-bond donors (Lipinski definition) is 3. The van der Waals surface area contributed by atoms with Gasteiger partial charge in [-0.05, 0) is 19.1 Å². The molecule has 0 aliphatic heterocycles. The van der Waals surface area contributed by atoms with E-state index in [2.05, 4.69) is 5.32 Å². The van der Waals surface area contributed by atoms with Gasteiger partial charge in [-0.25, -0.2) is 0 Å². The molecule has 0 atom stereocenters. The van der Waals surface area contributed by atoms with Crippen molar-refractivity contribution in [2.24, 2.45) is 0 Å². The predicted octanol–water partition coefficient (Wildman–Crippen LogP) is 1.41. The summed E-state index contributed by atoms with van der Waals surface area (Å²) in [5.41, 5.74) is 7.03. The first-order chi connectivity index (χ1) is 5.24. The van der Waals surface area contributed by atoms with E-state index in [1.54, 1.807) is 12.1 Å². The molecule has 0 aromatic heterocycles. The van der Waals surface area contributed by atoms with Crippen molar-refractivity contribution in [3.05, 3.63) is 18.2 Å². The van der Waals surface area contributed by atoms with Gasteiger partial charge in [-0.15, -0.1) is 0 Å². The minimum absolute atomic E-state index is 0.198. The SMILES string of the molecule is CCNc1ccc(O)cc1N. The molecule has 0 radical (unpaired) electrons. The van der Waals surface area contributed by atoms with E-state index in [0.29, 0.717) is 5.69 Å². The van der Waals surface area contributed by atoms with Gasteiger partial charge in [-0.1, -0.05) is 0 Å². The molecule has 1 aromatic rings. The summed E-state index contributed by atoms with van der Waals surface area (Å²) < 4.78 is 0. The Morgan fingerprint density at radius 3 is 2.82 bits per heavy atom. The van der Waals surface area contributed by atoms with E-state index in [9.17, 15) is 0 Å². The van der Waals surface area contributed by atoms with Crippen LogP contribution in [0.3, 0.4) is 0 Å². The van der Waals surface area contributed by atoms with Gasteiger partial charge in [0.2, 0.25) is 0 Å². The van der Waals surface area contributed by atoms with Gasteiger partial charge in [0.25, 0.3) is 0 Å². The zero-order chi connectivity index (χ0) is 8.27. The summed E-state index contributed by atoms with van der Waals surface area (Å²) in [6, 6.07) is 4.89. The molecule has 0 spiro atoms. The monoisotopic (exact) mass is 152 g/mol. The van der Waals surface area contributed by atoms with Crippen LogP contribution in [0.1, 0.15) is 6.92 Å². The van der Waals surface area contributed by atoms with E-state index in [0.717, 1.165) is 12.2 Å². The van der Waals surface area contributed by atoms with Crippen LogP contribution in [0.15, 0.2) is 18.2 Å². The lowest BCUT2D eigenvalue weighted by atomic mass is 10.2. The molecular weight excluding hydrogens is 140 g/mol. The largest absolute Gasteiger partial charge is 0.508 e. The third-order valence-electron chi connectivity index (χ3n) is 1.40. The van der Waals surface area contributed by atoms with Crippen molar-refractivity contribution in [1.82, 2.24) is 0 Å². The second kappa shape index (κ2) is 3.14. The molecular formula is C8H12N2O. The van der Waals surface area contributed by atoms with Crippen molar-refractivity contribution < 1.29 is 5.11 Å². The van der Waals surface area contributed by atoms with Gasteiger partial charge < -0.3 is 16.2 Å².